The molecule has 1 N–H and O–H groups in total. The minimum absolute atomic E-state index is 0. The lowest BCUT2D eigenvalue weighted by Crippen LogP contribution is -2.43. The van der Waals surface area contributed by atoms with Gasteiger partial charge in [-0.15, -0.1) is 12.4 Å². The predicted octanol–water partition coefficient (Wildman–Crippen LogP) is 6.09. The van der Waals surface area contributed by atoms with E-state index in [-0.39, 0.29) is 12.4 Å². The molecule has 0 amide bonds. The van der Waals surface area contributed by atoms with Crippen LogP contribution in [0.3, 0.4) is 0 Å². The minimum Gasteiger partial charge on any atom is -0.391 e. The highest BCUT2D eigenvalue weighted by Gasteiger charge is 2.36. The molecule has 0 rings (SSSR count). The van der Waals surface area contributed by atoms with Crippen LogP contribution in [0.1, 0.15) is 84.0 Å². The van der Waals surface area contributed by atoms with E-state index in [1.165, 1.54) is 70.6 Å². The Labute approximate surface area is 170 Å². The molecule has 26 heavy (non-hydrogen) atoms. The molecule has 0 fully saturated rings. The van der Waals surface area contributed by atoms with Crippen LogP contribution in [0.2, 0.25) is 6.04 Å². The average molecular weight is 410 g/mol. The fraction of sp³-hybridized carbons (Fsp3) is 0.900. The van der Waals surface area contributed by atoms with Crippen molar-refractivity contribution < 1.29 is 13.3 Å². The van der Waals surface area contributed by atoms with Crippen LogP contribution in [-0.4, -0.2) is 36.7 Å². The van der Waals surface area contributed by atoms with Gasteiger partial charge in [-0.3, -0.25) is 0 Å². The van der Waals surface area contributed by atoms with Gasteiger partial charge in [0.1, 0.15) is 0 Å². The molecule has 0 aliphatic heterocycles. The van der Waals surface area contributed by atoms with Crippen molar-refractivity contribution in [2.75, 3.05) is 27.9 Å². The van der Waals surface area contributed by atoms with E-state index in [0.717, 1.165) is 19.0 Å². The first-order valence-corrected chi connectivity index (χ1v) is 12.2. The summed E-state index contributed by atoms with van der Waals surface area (Å²) < 4.78 is 16.2. The molecule has 6 heteroatoms. The van der Waals surface area contributed by atoms with E-state index in [1.807, 2.05) is 0 Å². The number of halogens is 1. The molecule has 0 atom stereocenters. The molecule has 0 saturated heterocycles. The van der Waals surface area contributed by atoms with E-state index in [2.05, 4.69) is 24.5 Å². The molecule has 4 nitrogen and oxygen atoms in total. The van der Waals surface area contributed by atoms with E-state index in [9.17, 15) is 0 Å². The molecule has 0 bridgehead atoms. The first-order valence-electron chi connectivity index (χ1n) is 10.3. The van der Waals surface area contributed by atoms with E-state index in [4.69, 9.17) is 13.3 Å². The maximum Gasteiger partial charge on any atom is 0.500 e. The molecule has 0 heterocycles. The number of hydrogen-bond donors (Lipinski definition) is 1. The molecule has 0 saturated carbocycles. The van der Waals surface area contributed by atoms with Crippen molar-refractivity contribution in [2.45, 2.75) is 90.0 Å². The van der Waals surface area contributed by atoms with Crippen molar-refractivity contribution in [3.05, 3.63) is 12.3 Å². The second kappa shape index (κ2) is 21.2. The molecule has 0 radical (unpaired) electrons. The lowest BCUT2D eigenvalue weighted by atomic mass is 10.1. The summed E-state index contributed by atoms with van der Waals surface area (Å²) >= 11 is 0. The molecular formula is C20H44ClNO3Si. The maximum atomic E-state index is 5.41. The Hall–Kier alpha value is -0.0731. The highest BCUT2D eigenvalue weighted by Crippen LogP contribution is 2.14. The summed E-state index contributed by atoms with van der Waals surface area (Å²) in [5.41, 5.74) is 0. The molecular weight excluding hydrogens is 366 g/mol. The Morgan fingerprint density at radius 2 is 1.23 bits per heavy atom. The highest BCUT2D eigenvalue weighted by atomic mass is 35.5. The Morgan fingerprint density at radius 1 is 0.731 bits per heavy atom. The van der Waals surface area contributed by atoms with Gasteiger partial charge >= 0.3 is 8.80 Å². The minimum atomic E-state index is -2.39. The number of unbranched alkanes of at least 4 members (excludes halogenated alkanes) is 10. The number of nitrogens with one attached hydrogen (secondary N) is 1. The summed E-state index contributed by atoms with van der Waals surface area (Å²) in [5, 5.41) is 3.34. The summed E-state index contributed by atoms with van der Waals surface area (Å²) in [7, 11) is 2.61. The smallest absolute Gasteiger partial charge is 0.391 e. The Balaban J connectivity index is 0. The first kappa shape index (κ1) is 28.1. The molecule has 0 unspecified atom stereocenters. The van der Waals surface area contributed by atoms with Crippen molar-refractivity contribution in [3.63, 3.8) is 0 Å². The van der Waals surface area contributed by atoms with Crippen molar-refractivity contribution >= 4 is 21.2 Å². The lowest BCUT2D eigenvalue weighted by molar-refractivity contribution is 0.123. The van der Waals surface area contributed by atoms with Crippen LogP contribution in [0.4, 0.5) is 0 Å². The fourth-order valence-corrected chi connectivity index (χ4v) is 4.68. The third-order valence-corrected chi connectivity index (χ3v) is 7.53. The average Bonchev–Trinajstić information content (AvgIpc) is 2.65. The van der Waals surface area contributed by atoms with Crippen LogP contribution in [0.25, 0.3) is 0 Å². The molecule has 0 spiro atoms. The second-order valence-corrected chi connectivity index (χ2v) is 9.82. The Kier molecular flexibility index (Phi) is 23.0. The normalized spacial score (nSPS) is 11.7. The summed E-state index contributed by atoms with van der Waals surface area (Å²) in [4.78, 5) is 0. The van der Waals surface area contributed by atoms with Crippen LogP contribution in [0.5, 0.6) is 0 Å². The van der Waals surface area contributed by atoms with Gasteiger partial charge in [0.2, 0.25) is 0 Å². The largest absolute Gasteiger partial charge is 0.500 e. The van der Waals surface area contributed by atoms with E-state index in [0.29, 0.717) is 0 Å². The van der Waals surface area contributed by atoms with Gasteiger partial charge in [0.25, 0.3) is 0 Å². The third-order valence-electron chi connectivity index (χ3n) is 4.70. The van der Waals surface area contributed by atoms with Crippen LogP contribution >= 0.6 is 12.4 Å². The zero-order valence-corrected chi connectivity index (χ0v) is 19.5. The zero-order chi connectivity index (χ0) is 18.6. The summed E-state index contributed by atoms with van der Waals surface area (Å²) in [6.07, 6.45) is 20.5. The summed E-state index contributed by atoms with van der Waals surface area (Å²) in [6, 6.07) is 0.843. The molecule has 0 aromatic heterocycles. The second-order valence-electron chi connectivity index (χ2n) is 6.73. The zero-order valence-electron chi connectivity index (χ0n) is 17.7. The third kappa shape index (κ3) is 16.1. The van der Waals surface area contributed by atoms with Gasteiger partial charge in [-0.2, -0.15) is 0 Å². The maximum absolute atomic E-state index is 5.41. The van der Waals surface area contributed by atoms with Gasteiger partial charge in [-0.05, 0) is 25.5 Å². The van der Waals surface area contributed by atoms with Crippen LogP contribution in [0.15, 0.2) is 12.3 Å². The number of allylic oxidation sites excluding steroid dienone is 1. The van der Waals surface area contributed by atoms with Gasteiger partial charge in [0.15, 0.2) is 0 Å². The fourth-order valence-electron chi connectivity index (χ4n) is 2.96. The molecule has 158 valence electrons. The summed E-state index contributed by atoms with van der Waals surface area (Å²) in [6.45, 7) is 3.21. The van der Waals surface area contributed by atoms with Crippen molar-refractivity contribution in [3.8, 4) is 0 Å². The Bertz CT molecular complexity index is 295. The van der Waals surface area contributed by atoms with E-state index < -0.39 is 8.80 Å². The Morgan fingerprint density at radius 3 is 1.73 bits per heavy atom. The number of rotatable bonds is 19. The molecule has 0 aromatic carbocycles. The van der Waals surface area contributed by atoms with Crippen LogP contribution < -0.4 is 5.32 Å². The van der Waals surface area contributed by atoms with Crippen molar-refractivity contribution in [1.29, 1.82) is 0 Å². The van der Waals surface area contributed by atoms with Gasteiger partial charge in [-0.25, -0.2) is 0 Å². The number of hydrogen-bond acceptors (Lipinski definition) is 4. The summed E-state index contributed by atoms with van der Waals surface area (Å²) in [5.74, 6) is 0. The highest BCUT2D eigenvalue weighted by molar-refractivity contribution is 6.60. The van der Waals surface area contributed by atoms with Crippen molar-refractivity contribution in [2.24, 2.45) is 0 Å². The van der Waals surface area contributed by atoms with Crippen LogP contribution in [-0.2, 0) is 13.3 Å². The molecule has 0 aromatic rings. The lowest BCUT2D eigenvalue weighted by Gasteiger charge is -2.24. The monoisotopic (exact) mass is 409 g/mol. The van der Waals surface area contributed by atoms with Gasteiger partial charge < -0.3 is 18.6 Å². The van der Waals surface area contributed by atoms with Gasteiger partial charge in [0.05, 0.1) is 0 Å². The van der Waals surface area contributed by atoms with Crippen molar-refractivity contribution in [1.82, 2.24) is 5.32 Å². The van der Waals surface area contributed by atoms with E-state index in [1.54, 1.807) is 21.3 Å². The predicted molar refractivity (Wildman–Crippen MR) is 117 cm³/mol. The SMILES string of the molecule is CCCCCCCCCCCCC=CNCCC[Si](OC)(OC)OC.Cl. The van der Waals surface area contributed by atoms with E-state index >= 15 is 0 Å². The van der Waals surface area contributed by atoms with Gasteiger partial charge in [-0.1, -0.05) is 70.8 Å². The first-order chi connectivity index (χ1) is 12.2. The van der Waals surface area contributed by atoms with Gasteiger partial charge in [0, 0.05) is 33.9 Å². The van der Waals surface area contributed by atoms with Crippen LogP contribution in [0, 0.1) is 0 Å². The molecule has 0 aliphatic rings. The quantitative estimate of drug-likeness (QED) is 0.207. The molecule has 0 aliphatic carbocycles. The standard InChI is InChI=1S/C20H43NO3Si.ClH/c1-5-6-7-8-9-10-11-12-13-14-15-16-18-21-19-17-20-25(22-2,23-3)24-4;/h16,18,21H,5-15,17,19-20H2,1-4H3;1H. The topological polar surface area (TPSA) is 39.7 Å².